The van der Waals surface area contributed by atoms with Crippen LogP contribution in [0, 0.1) is 0 Å². The number of anilines is 1. The Morgan fingerprint density at radius 2 is 1.84 bits per heavy atom. The number of nitrogens with one attached hydrogen (secondary N) is 2. The Balaban J connectivity index is 1.34. The maximum absolute atomic E-state index is 12.5. The van der Waals surface area contributed by atoms with Gasteiger partial charge in [0, 0.05) is 31.0 Å². The van der Waals surface area contributed by atoms with Crippen molar-refractivity contribution in [2.75, 3.05) is 11.9 Å². The summed E-state index contributed by atoms with van der Waals surface area (Å²) in [4.78, 5) is 16.4. The van der Waals surface area contributed by atoms with E-state index in [0.717, 1.165) is 16.5 Å². The van der Waals surface area contributed by atoms with Gasteiger partial charge in [0.05, 0.1) is 21.9 Å². The van der Waals surface area contributed by atoms with Crippen molar-refractivity contribution in [2.24, 2.45) is 0 Å². The highest BCUT2D eigenvalue weighted by molar-refractivity contribution is 7.89. The molecule has 1 heterocycles. The number of carbonyl (C=O) groups excluding carboxylic acids is 1. The number of carbonyl (C=O) groups is 1. The fourth-order valence-corrected chi connectivity index (χ4v) is 4.48. The minimum absolute atomic E-state index is 0.0201. The first-order chi connectivity index (χ1) is 14.9. The molecule has 9 heteroatoms. The average molecular weight is 455 g/mol. The van der Waals surface area contributed by atoms with Gasteiger partial charge in [0.25, 0.3) is 0 Å². The Bertz CT molecular complexity index is 1340. The van der Waals surface area contributed by atoms with E-state index in [9.17, 15) is 13.2 Å². The maximum Gasteiger partial charge on any atom is 0.240 e. The van der Waals surface area contributed by atoms with Gasteiger partial charge in [-0.25, -0.2) is 18.1 Å². The molecule has 0 fully saturated rings. The summed E-state index contributed by atoms with van der Waals surface area (Å²) in [5.74, 6) is -0.326. The van der Waals surface area contributed by atoms with E-state index >= 15 is 0 Å². The Labute approximate surface area is 184 Å². The van der Waals surface area contributed by atoms with Crippen molar-refractivity contribution in [1.82, 2.24) is 14.3 Å². The number of sulfonamides is 1. The molecule has 0 atom stereocenters. The number of imidazole rings is 1. The molecule has 158 valence electrons. The van der Waals surface area contributed by atoms with E-state index in [-0.39, 0.29) is 23.8 Å². The Kier molecular flexibility index (Phi) is 6.03. The first-order valence-corrected chi connectivity index (χ1v) is 11.3. The highest BCUT2D eigenvalue weighted by atomic mass is 35.5. The molecule has 0 unspecified atom stereocenters. The number of fused-ring (bicyclic) bond motifs is 1. The first-order valence-electron chi connectivity index (χ1n) is 9.48. The van der Waals surface area contributed by atoms with Crippen LogP contribution in [0.1, 0.15) is 6.42 Å². The van der Waals surface area contributed by atoms with Crippen LogP contribution in [-0.4, -0.2) is 30.4 Å². The van der Waals surface area contributed by atoms with Gasteiger partial charge in [-0.05, 0) is 41.1 Å². The smallest absolute Gasteiger partial charge is 0.240 e. The van der Waals surface area contributed by atoms with Gasteiger partial charge in [-0.15, -0.1) is 0 Å². The van der Waals surface area contributed by atoms with Crippen molar-refractivity contribution < 1.29 is 13.2 Å². The molecule has 2 N–H and O–H groups in total. The van der Waals surface area contributed by atoms with Gasteiger partial charge in [-0.3, -0.25) is 4.79 Å². The quantitative estimate of drug-likeness (QED) is 0.441. The number of benzene rings is 3. The summed E-state index contributed by atoms with van der Waals surface area (Å²) in [6.07, 6.45) is 5.01. The van der Waals surface area contributed by atoms with Gasteiger partial charge in [0.1, 0.15) is 0 Å². The van der Waals surface area contributed by atoms with Crippen LogP contribution in [-0.2, 0) is 14.8 Å². The van der Waals surface area contributed by atoms with E-state index in [1.165, 1.54) is 0 Å². The Morgan fingerprint density at radius 1 is 1.03 bits per heavy atom. The van der Waals surface area contributed by atoms with Gasteiger partial charge in [0.15, 0.2) is 0 Å². The van der Waals surface area contributed by atoms with E-state index in [1.54, 1.807) is 59.7 Å². The zero-order valence-corrected chi connectivity index (χ0v) is 17.9. The van der Waals surface area contributed by atoms with Crippen LogP contribution in [0.4, 0.5) is 5.69 Å². The predicted octanol–water partition coefficient (Wildman–Crippen LogP) is 3.99. The number of nitrogens with zero attached hydrogens (tertiary/aromatic N) is 2. The molecule has 0 saturated carbocycles. The molecule has 0 bridgehead atoms. The molecule has 7 nitrogen and oxygen atoms in total. The lowest BCUT2D eigenvalue weighted by Crippen LogP contribution is -2.27. The molecule has 0 aliphatic rings. The highest BCUT2D eigenvalue weighted by Gasteiger charge is 2.15. The third-order valence-corrected chi connectivity index (χ3v) is 6.45. The lowest BCUT2D eigenvalue weighted by atomic mass is 10.1. The van der Waals surface area contributed by atoms with Crippen LogP contribution in [0.25, 0.3) is 16.5 Å². The fraction of sp³-hybridized carbons (Fsp3) is 0.0909. The predicted molar refractivity (Wildman–Crippen MR) is 121 cm³/mol. The number of amides is 1. The molecular weight excluding hydrogens is 436 g/mol. The fourth-order valence-electron chi connectivity index (χ4n) is 3.14. The SMILES string of the molecule is O=C(CCNS(=O)(=O)c1ccc2ccccc2c1)Nc1ccc(-n2ccnc2)c(Cl)c1. The second kappa shape index (κ2) is 8.89. The van der Waals surface area contributed by atoms with Crippen LogP contribution >= 0.6 is 11.6 Å². The van der Waals surface area contributed by atoms with Crippen molar-refractivity contribution in [3.05, 3.63) is 84.4 Å². The molecule has 0 aliphatic carbocycles. The van der Waals surface area contributed by atoms with E-state index < -0.39 is 10.0 Å². The minimum Gasteiger partial charge on any atom is -0.326 e. The zero-order valence-electron chi connectivity index (χ0n) is 16.3. The van der Waals surface area contributed by atoms with Gasteiger partial charge in [-0.1, -0.05) is 41.9 Å². The summed E-state index contributed by atoms with van der Waals surface area (Å²) in [5, 5.41) is 4.96. The van der Waals surface area contributed by atoms with Gasteiger partial charge in [0.2, 0.25) is 15.9 Å². The summed E-state index contributed by atoms with van der Waals surface area (Å²) in [7, 11) is -3.72. The molecule has 1 aromatic heterocycles. The monoisotopic (exact) mass is 454 g/mol. The molecule has 31 heavy (non-hydrogen) atoms. The molecule has 1 amide bonds. The number of hydrogen-bond donors (Lipinski definition) is 2. The maximum atomic E-state index is 12.5. The molecule has 4 rings (SSSR count). The number of halogens is 1. The second-order valence-corrected chi connectivity index (χ2v) is 9.02. The van der Waals surface area contributed by atoms with E-state index in [4.69, 9.17) is 11.6 Å². The topological polar surface area (TPSA) is 93.1 Å². The van der Waals surface area contributed by atoms with Gasteiger partial charge < -0.3 is 9.88 Å². The summed E-state index contributed by atoms with van der Waals surface area (Å²) in [5.41, 5.74) is 1.26. The first kappa shape index (κ1) is 21.0. The lowest BCUT2D eigenvalue weighted by molar-refractivity contribution is -0.116. The molecule has 3 aromatic carbocycles. The van der Waals surface area contributed by atoms with Crippen LogP contribution in [0.15, 0.2) is 84.3 Å². The van der Waals surface area contributed by atoms with E-state index in [2.05, 4.69) is 15.0 Å². The molecule has 0 radical (unpaired) electrons. The third kappa shape index (κ3) is 4.93. The minimum atomic E-state index is -3.72. The van der Waals surface area contributed by atoms with Crippen molar-refractivity contribution in [2.45, 2.75) is 11.3 Å². The van der Waals surface area contributed by atoms with Crippen molar-refractivity contribution >= 4 is 44.0 Å². The Hall–Kier alpha value is -3.20. The largest absolute Gasteiger partial charge is 0.326 e. The van der Waals surface area contributed by atoms with Crippen LogP contribution in [0.5, 0.6) is 0 Å². The van der Waals surface area contributed by atoms with Crippen molar-refractivity contribution in [3.63, 3.8) is 0 Å². The normalized spacial score (nSPS) is 11.5. The highest BCUT2D eigenvalue weighted by Crippen LogP contribution is 2.24. The number of aromatic nitrogens is 2. The van der Waals surface area contributed by atoms with Crippen molar-refractivity contribution in [3.8, 4) is 5.69 Å². The second-order valence-electron chi connectivity index (χ2n) is 6.84. The Morgan fingerprint density at radius 3 is 2.58 bits per heavy atom. The number of hydrogen-bond acceptors (Lipinski definition) is 4. The third-order valence-electron chi connectivity index (χ3n) is 4.69. The molecular formula is C22H19ClN4O3S. The van der Waals surface area contributed by atoms with Crippen LogP contribution < -0.4 is 10.0 Å². The summed E-state index contributed by atoms with van der Waals surface area (Å²) >= 11 is 6.29. The van der Waals surface area contributed by atoms with Crippen molar-refractivity contribution in [1.29, 1.82) is 0 Å². The molecule has 4 aromatic rings. The molecule has 0 spiro atoms. The summed E-state index contributed by atoms with van der Waals surface area (Å²) < 4.78 is 29.3. The summed E-state index contributed by atoms with van der Waals surface area (Å²) in [6, 6.07) is 17.6. The summed E-state index contributed by atoms with van der Waals surface area (Å²) in [6.45, 7) is -0.0259. The van der Waals surface area contributed by atoms with E-state index in [1.807, 2.05) is 24.3 Å². The lowest BCUT2D eigenvalue weighted by Gasteiger charge is -2.10. The standard InChI is InChI=1S/C22H19ClN4O3S/c23-20-14-18(6-8-21(20)27-12-11-24-15-27)26-22(28)9-10-25-31(29,30)19-7-5-16-3-1-2-4-17(16)13-19/h1-8,11-15,25H,9-10H2,(H,26,28). The van der Waals surface area contributed by atoms with Gasteiger partial charge in [-0.2, -0.15) is 0 Å². The van der Waals surface area contributed by atoms with Gasteiger partial charge >= 0.3 is 0 Å². The van der Waals surface area contributed by atoms with Crippen LogP contribution in [0.3, 0.4) is 0 Å². The number of rotatable bonds is 7. The molecule has 0 saturated heterocycles. The van der Waals surface area contributed by atoms with Crippen LogP contribution in [0.2, 0.25) is 5.02 Å². The molecule has 0 aliphatic heterocycles. The zero-order chi connectivity index (χ0) is 21.8. The van der Waals surface area contributed by atoms with E-state index in [0.29, 0.717) is 10.7 Å². The average Bonchev–Trinajstić information content (AvgIpc) is 3.28.